The topological polar surface area (TPSA) is 54.4 Å². The van der Waals surface area contributed by atoms with E-state index in [-0.39, 0.29) is 5.56 Å². The van der Waals surface area contributed by atoms with E-state index >= 15 is 0 Å². The molecule has 1 rings (SSSR count). The molecule has 0 amide bonds. The van der Waals surface area contributed by atoms with Crippen molar-refractivity contribution in [3.05, 3.63) is 35.6 Å². The summed E-state index contributed by atoms with van der Waals surface area (Å²) >= 11 is 0. The largest absolute Gasteiger partial charge is 0.475 e. The van der Waals surface area contributed by atoms with Crippen molar-refractivity contribution in [2.24, 2.45) is 0 Å². The van der Waals surface area contributed by atoms with Crippen LogP contribution >= 0.6 is 0 Å². The van der Waals surface area contributed by atoms with E-state index in [9.17, 15) is 14.0 Å². The highest BCUT2D eigenvalue weighted by Gasteiger charge is 2.13. The van der Waals surface area contributed by atoms with Crippen molar-refractivity contribution in [3.63, 3.8) is 0 Å². The average Bonchev–Trinajstić information content (AvgIpc) is 2.03. The van der Waals surface area contributed by atoms with Gasteiger partial charge in [-0.1, -0.05) is 12.1 Å². The quantitative estimate of drug-likeness (QED) is 0.410. The average molecular weight is 170 g/mol. The third kappa shape index (κ3) is 1.66. The van der Waals surface area contributed by atoms with E-state index in [2.05, 4.69) is 0 Å². The highest BCUT2D eigenvalue weighted by atomic mass is 19.1. The highest BCUT2D eigenvalue weighted by molar-refractivity contribution is 6.39. The minimum Gasteiger partial charge on any atom is -0.475 e. The first-order valence-corrected chi connectivity index (χ1v) is 3.14. The summed E-state index contributed by atoms with van der Waals surface area (Å²) in [4.78, 5) is 20.9. The number of benzene rings is 1. The fraction of sp³-hybridized carbons (Fsp3) is 0. The Labute approximate surface area is 67.4 Å². The third-order valence-corrected chi connectivity index (χ3v) is 1.28. The molecule has 0 fully saturated rings. The maximum Gasteiger partial charge on any atom is 0.377 e. The maximum absolute atomic E-state index is 12.4. The molecule has 62 valence electrons. The second kappa shape index (κ2) is 3.13. The Kier molecular flexibility index (Phi) is 2.19. The van der Waals surface area contributed by atoms with Gasteiger partial charge in [0.25, 0.3) is 5.78 Å². The molecule has 1 aromatic carbocycles. The third-order valence-electron chi connectivity index (χ3n) is 1.28. The highest BCUT2D eigenvalue weighted by Crippen LogP contribution is 2.03. The van der Waals surface area contributed by atoms with Gasteiger partial charge in [-0.05, 0) is 12.1 Å². The Morgan fingerprint density at radius 3 is 2.50 bits per heavy atom. The molecule has 0 aliphatic rings. The molecule has 1 N–H and O–H groups in total. The molecule has 0 atom stereocenters. The van der Waals surface area contributed by atoms with Gasteiger partial charge in [-0.3, -0.25) is 4.79 Å². The van der Waals surface area contributed by atoms with E-state index in [0.29, 0.717) is 0 Å². The summed E-state index contributed by atoms with van der Waals surface area (Å²) in [6.07, 6.45) is 0. The zero-order chi connectivity index (χ0) is 9.14. The Hall–Kier alpha value is -1.71. The van der Waals surface area contributed by atoms with Gasteiger partial charge in [0, 0.05) is 5.56 Å². The molecular formula is C8H5FO3. The van der Waals surface area contributed by atoms with Gasteiger partial charge in [-0.2, -0.15) is 0 Å². The van der Waals surface area contributed by atoms with E-state index in [1.807, 2.05) is 0 Å². The van der Waals surface area contributed by atoms with E-state index in [1.54, 1.807) is 0 Å². The van der Waals surface area contributed by atoms with Crippen LogP contribution in [0.25, 0.3) is 0 Å². The molecule has 0 saturated heterocycles. The minimum atomic E-state index is -1.58. The molecule has 0 aromatic heterocycles. The summed E-state index contributed by atoms with van der Waals surface area (Å²) in [5.74, 6) is -3.31. The SMILES string of the molecule is O=[13C](O)[13C](=O)c1cccc(F)c1. The molecule has 12 heavy (non-hydrogen) atoms. The van der Waals surface area contributed by atoms with Crippen LogP contribution in [0.3, 0.4) is 0 Å². The van der Waals surface area contributed by atoms with E-state index in [4.69, 9.17) is 5.11 Å². The van der Waals surface area contributed by atoms with Crippen molar-refractivity contribution < 1.29 is 19.1 Å². The van der Waals surface area contributed by atoms with Crippen LogP contribution in [0.15, 0.2) is 24.3 Å². The standard InChI is InChI=1S/C8H5FO3/c9-6-3-1-2-5(4-6)7(10)8(11)12/h1-4H,(H,11,12)/i7+1,8+1. The Bertz CT molecular complexity index is 333. The lowest BCUT2D eigenvalue weighted by atomic mass is 10.3. The molecule has 0 unspecified atom stereocenters. The fourth-order valence-electron chi connectivity index (χ4n) is 0.753. The van der Waals surface area contributed by atoms with Crippen LogP contribution in [0, 0.1) is 5.82 Å². The predicted octanol–water partition coefficient (Wildman–Crippen LogP) is 1.09. The molecule has 0 saturated carbocycles. The fourth-order valence-corrected chi connectivity index (χ4v) is 0.753. The van der Waals surface area contributed by atoms with Crippen LogP contribution in [0.5, 0.6) is 0 Å². The molecule has 0 spiro atoms. The maximum atomic E-state index is 12.4. The Morgan fingerprint density at radius 2 is 2.00 bits per heavy atom. The van der Waals surface area contributed by atoms with Crippen molar-refractivity contribution in [1.82, 2.24) is 0 Å². The van der Waals surface area contributed by atoms with Gasteiger partial charge in [0.1, 0.15) is 5.82 Å². The molecule has 0 radical (unpaired) electrons. The zero-order valence-corrected chi connectivity index (χ0v) is 5.95. The van der Waals surface area contributed by atoms with Crippen LogP contribution in [0.4, 0.5) is 4.39 Å². The summed E-state index contributed by atoms with van der Waals surface area (Å²) in [5, 5.41) is 8.25. The first-order chi connectivity index (χ1) is 5.61. The number of Topliss-reactive ketones (excluding diaryl/α,β-unsaturated/α-hetero) is 1. The van der Waals surface area contributed by atoms with Crippen molar-refractivity contribution in [3.8, 4) is 0 Å². The lowest BCUT2D eigenvalue weighted by Crippen LogP contribution is -2.12. The zero-order valence-electron chi connectivity index (χ0n) is 5.95. The predicted molar refractivity (Wildman–Crippen MR) is 38.4 cm³/mol. The molecule has 0 bridgehead atoms. The number of carboxylic acids is 1. The number of carbonyl (C=O) groups is 2. The molecule has 0 aliphatic heterocycles. The number of hydrogen-bond acceptors (Lipinski definition) is 2. The van der Waals surface area contributed by atoms with E-state index < -0.39 is 17.6 Å². The van der Waals surface area contributed by atoms with Crippen molar-refractivity contribution in [2.75, 3.05) is 0 Å². The summed E-state index contributed by atoms with van der Waals surface area (Å²) in [6.45, 7) is 0. The Balaban J connectivity index is 3.04. The van der Waals surface area contributed by atoms with E-state index in [0.717, 1.165) is 12.1 Å². The van der Waals surface area contributed by atoms with Gasteiger partial charge in [0.05, 0.1) is 0 Å². The number of ketones is 1. The minimum absolute atomic E-state index is 0.150. The van der Waals surface area contributed by atoms with Crippen LogP contribution in [-0.2, 0) is 4.79 Å². The second-order valence-electron chi connectivity index (χ2n) is 2.14. The molecule has 4 heteroatoms. The number of hydrogen-bond donors (Lipinski definition) is 1. The second-order valence-corrected chi connectivity index (χ2v) is 2.14. The monoisotopic (exact) mass is 170 g/mol. The molecule has 0 aliphatic carbocycles. The Morgan fingerprint density at radius 1 is 1.33 bits per heavy atom. The molecule has 0 heterocycles. The number of carbonyl (C=O) groups excluding carboxylic acids is 1. The van der Waals surface area contributed by atoms with Gasteiger partial charge in [-0.25, -0.2) is 9.18 Å². The van der Waals surface area contributed by atoms with Gasteiger partial charge in [-0.15, -0.1) is 0 Å². The summed E-state index contributed by atoms with van der Waals surface area (Å²) in [6, 6.07) is 4.56. The number of halogens is 1. The lowest BCUT2D eigenvalue weighted by Gasteiger charge is -1.94. The first kappa shape index (κ1) is 8.39. The van der Waals surface area contributed by atoms with Gasteiger partial charge >= 0.3 is 5.97 Å². The van der Waals surface area contributed by atoms with Gasteiger partial charge < -0.3 is 5.11 Å². The van der Waals surface area contributed by atoms with Crippen molar-refractivity contribution in [1.29, 1.82) is 0 Å². The first-order valence-electron chi connectivity index (χ1n) is 3.14. The van der Waals surface area contributed by atoms with Crippen LogP contribution in [-0.4, -0.2) is 16.9 Å². The summed E-state index contributed by atoms with van der Waals surface area (Å²) in [7, 11) is 0. The summed E-state index contributed by atoms with van der Waals surface area (Å²) < 4.78 is 12.4. The normalized spacial score (nSPS) is 9.42. The summed E-state index contributed by atoms with van der Waals surface area (Å²) in [5.41, 5.74) is -0.150. The number of carboxylic acid groups (broad SMARTS) is 1. The van der Waals surface area contributed by atoms with Crippen LogP contribution in [0.1, 0.15) is 10.4 Å². The molecule has 3 nitrogen and oxygen atoms in total. The number of rotatable bonds is 2. The van der Waals surface area contributed by atoms with Crippen molar-refractivity contribution >= 4 is 11.8 Å². The molecular weight excluding hydrogens is 165 g/mol. The lowest BCUT2D eigenvalue weighted by molar-refractivity contribution is -0.131. The smallest absolute Gasteiger partial charge is 0.377 e. The van der Waals surface area contributed by atoms with Crippen LogP contribution < -0.4 is 0 Å². The van der Waals surface area contributed by atoms with Gasteiger partial charge in [0.15, 0.2) is 0 Å². The van der Waals surface area contributed by atoms with Gasteiger partial charge in [0.2, 0.25) is 0 Å². The van der Waals surface area contributed by atoms with Crippen LogP contribution in [0.2, 0.25) is 0 Å². The van der Waals surface area contributed by atoms with E-state index in [1.165, 1.54) is 12.1 Å². The van der Waals surface area contributed by atoms with Crippen molar-refractivity contribution in [2.45, 2.75) is 0 Å². The number of aliphatic carboxylic acids is 1. The molecule has 1 aromatic rings.